The average Bonchev–Trinajstić information content (AvgIpc) is 3.55. The van der Waals surface area contributed by atoms with E-state index in [1.54, 1.807) is 12.1 Å². The van der Waals surface area contributed by atoms with Crippen LogP contribution in [0.4, 0.5) is 33.5 Å². The molecule has 42 heavy (non-hydrogen) atoms. The van der Waals surface area contributed by atoms with Gasteiger partial charge in [-0.15, -0.1) is 0 Å². The van der Waals surface area contributed by atoms with Gasteiger partial charge in [0.15, 0.2) is 5.65 Å². The van der Waals surface area contributed by atoms with Gasteiger partial charge in [-0.25, -0.2) is 13.8 Å². The number of alkyl halides is 4. The van der Waals surface area contributed by atoms with Crippen LogP contribution in [0.2, 0.25) is 0 Å². The number of aromatic nitrogens is 3. The number of hydrogen-bond donors (Lipinski definition) is 3. The summed E-state index contributed by atoms with van der Waals surface area (Å²) in [6.07, 6.45) is -2.52. The number of nitrogens with one attached hydrogen (secondary N) is 2. The van der Waals surface area contributed by atoms with E-state index in [0.29, 0.717) is 34.5 Å². The van der Waals surface area contributed by atoms with E-state index >= 15 is 0 Å². The van der Waals surface area contributed by atoms with Gasteiger partial charge in [0.2, 0.25) is 0 Å². The molecule has 1 aliphatic carbocycles. The maximum absolute atomic E-state index is 14.4. The smallest absolute Gasteiger partial charge is 0.383 e. The molecule has 0 spiro atoms. The number of amides is 2. The molecule has 0 saturated carbocycles. The van der Waals surface area contributed by atoms with E-state index in [9.17, 15) is 31.5 Å². The fourth-order valence-corrected chi connectivity index (χ4v) is 5.37. The lowest BCUT2D eigenvalue weighted by Gasteiger charge is -2.23. The Bertz CT molecular complexity index is 1870. The quantitative estimate of drug-likeness (QED) is 0.250. The number of nitrogens with zero attached hydrogens (tertiary/aromatic N) is 3. The average molecular weight is 601 g/mol. The Morgan fingerprint density at radius 2 is 1.93 bits per heavy atom. The third-order valence-corrected chi connectivity index (χ3v) is 7.40. The summed E-state index contributed by atoms with van der Waals surface area (Å²) >= 11 is 6.37. The second-order valence-electron chi connectivity index (χ2n) is 9.69. The van der Waals surface area contributed by atoms with Crippen LogP contribution in [0.1, 0.15) is 44.3 Å². The number of benzene rings is 2. The molecule has 2 atom stereocenters. The highest BCUT2D eigenvalue weighted by atomic mass is 35.5. The molecule has 0 radical (unpaired) electrons. The fourth-order valence-electron chi connectivity index (χ4n) is 5.11. The SMILES string of the molecule is Nc1c(-c2cc(NC(=O)c3cc(F)cc(C(F)(F)F)c3)c3c(c2)C(=O)N[C@@H]3C2=C(Cl)C=CC(F)C2)ccc2ncnn12. The van der Waals surface area contributed by atoms with Crippen molar-refractivity contribution in [1.29, 1.82) is 0 Å². The van der Waals surface area contributed by atoms with Crippen molar-refractivity contribution in [3.63, 3.8) is 0 Å². The molecule has 214 valence electrons. The lowest BCUT2D eigenvalue weighted by atomic mass is 9.89. The highest BCUT2D eigenvalue weighted by Crippen LogP contribution is 2.44. The van der Waals surface area contributed by atoms with Gasteiger partial charge in [0.05, 0.1) is 11.6 Å². The van der Waals surface area contributed by atoms with Crippen LogP contribution in [0.5, 0.6) is 0 Å². The van der Waals surface area contributed by atoms with Crippen molar-refractivity contribution in [2.45, 2.75) is 24.8 Å². The van der Waals surface area contributed by atoms with Crippen LogP contribution >= 0.6 is 11.6 Å². The monoisotopic (exact) mass is 600 g/mol. The van der Waals surface area contributed by atoms with E-state index in [-0.39, 0.29) is 40.2 Å². The first-order chi connectivity index (χ1) is 19.9. The molecule has 1 aliphatic heterocycles. The molecule has 4 aromatic rings. The van der Waals surface area contributed by atoms with E-state index in [1.807, 2.05) is 0 Å². The summed E-state index contributed by atoms with van der Waals surface area (Å²) in [5.74, 6) is -2.76. The second kappa shape index (κ2) is 9.94. The first-order valence-corrected chi connectivity index (χ1v) is 12.8. The van der Waals surface area contributed by atoms with Gasteiger partial charge in [-0.1, -0.05) is 11.6 Å². The number of pyridine rings is 1. The summed E-state index contributed by atoms with van der Waals surface area (Å²) in [6, 6.07) is 6.69. The Morgan fingerprint density at radius 3 is 2.69 bits per heavy atom. The minimum absolute atomic E-state index is 0.00585. The Hall–Kier alpha value is -4.78. The first kappa shape index (κ1) is 27.4. The van der Waals surface area contributed by atoms with E-state index < -0.39 is 47.1 Å². The minimum Gasteiger partial charge on any atom is -0.383 e. The van der Waals surface area contributed by atoms with Gasteiger partial charge in [-0.2, -0.15) is 22.8 Å². The van der Waals surface area contributed by atoms with Crippen LogP contribution in [0.25, 0.3) is 16.8 Å². The molecule has 2 aromatic heterocycles. The summed E-state index contributed by atoms with van der Waals surface area (Å²) in [5.41, 5.74) is 6.16. The molecule has 0 saturated heterocycles. The number of nitrogens with two attached hydrogens (primary N) is 1. The number of nitrogen functional groups attached to an aromatic ring is 1. The van der Waals surface area contributed by atoms with E-state index in [1.165, 1.54) is 35.1 Å². The van der Waals surface area contributed by atoms with Crippen molar-refractivity contribution in [3.05, 3.63) is 99.6 Å². The van der Waals surface area contributed by atoms with Gasteiger partial charge in [-0.3, -0.25) is 9.59 Å². The zero-order valence-corrected chi connectivity index (χ0v) is 21.9. The van der Waals surface area contributed by atoms with E-state index in [2.05, 4.69) is 20.7 Å². The molecule has 8 nitrogen and oxygen atoms in total. The molecule has 1 unspecified atom stereocenters. The van der Waals surface area contributed by atoms with Crippen molar-refractivity contribution < 1.29 is 31.5 Å². The van der Waals surface area contributed by atoms with Gasteiger partial charge in [0.1, 0.15) is 24.1 Å². The number of carbonyl (C=O) groups is 2. The van der Waals surface area contributed by atoms with Crippen LogP contribution in [0, 0.1) is 5.82 Å². The summed E-state index contributed by atoms with van der Waals surface area (Å²) in [5, 5.41) is 9.53. The molecule has 2 aromatic carbocycles. The molecule has 2 amide bonds. The van der Waals surface area contributed by atoms with E-state index in [4.69, 9.17) is 17.3 Å². The van der Waals surface area contributed by atoms with Crippen molar-refractivity contribution in [2.24, 2.45) is 0 Å². The molecular formula is C28H18ClF5N6O2. The fraction of sp³-hybridized carbons (Fsp3) is 0.143. The standard InChI is InChI=1S/C28H18ClF5N6O2/c29-20-3-1-15(30)10-18(20)24-23-19(27(42)39-24)7-12(17-2-4-22-36-11-37-40(22)25(17)35)8-21(23)38-26(41)13-5-14(28(32,33)34)9-16(31)6-13/h1-9,11,15,24H,10,35H2,(H,38,41)(H,39,42)/t15?,24-/m1/s1. The van der Waals surface area contributed by atoms with Crippen molar-refractivity contribution in [1.82, 2.24) is 19.9 Å². The van der Waals surface area contributed by atoms with Crippen molar-refractivity contribution in [2.75, 3.05) is 11.1 Å². The number of hydrogen-bond acceptors (Lipinski definition) is 5. The van der Waals surface area contributed by atoms with Gasteiger partial charge in [-0.05, 0) is 65.8 Å². The molecule has 14 heteroatoms. The Labute approximate surface area is 238 Å². The maximum atomic E-state index is 14.4. The van der Waals surface area contributed by atoms with Crippen LogP contribution in [0.3, 0.4) is 0 Å². The van der Waals surface area contributed by atoms with Gasteiger partial charge in [0, 0.05) is 39.4 Å². The van der Waals surface area contributed by atoms with Crippen LogP contribution < -0.4 is 16.4 Å². The largest absolute Gasteiger partial charge is 0.416 e. The number of carbonyl (C=O) groups excluding carboxylic acids is 2. The van der Waals surface area contributed by atoms with E-state index in [0.717, 1.165) is 0 Å². The molecule has 0 bridgehead atoms. The lowest BCUT2D eigenvalue weighted by molar-refractivity contribution is -0.137. The van der Waals surface area contributed by atoms with Crippen LogP contribution in [0.15, 0.2) is 71.5 Å². The number of halogens is 6. The third kappa shape index (κ3) is 4.75. The van der Waals surface area contributed by atoms with Crippen LogP contribution in [-0.4, -0.2) is 32.6 Å². The van der Waals surface area contributed by atoms with Gasteiger partial charge in [0.25, 0.3) is 11.8 Å². The highest BCUT2D eigenvalue weighted by Gasteiger charge is 2.37. The molecular weight excluding hydrogens is 583 g/mol. The van der Waals surface area contributed by atoms with Crippen LogP contribution in [-0.2, 0) is 6.18 Å². The second-order valence-corrected chi connectivity index (χ2v) is 10.1. The minimum atomic E-state index is -4.90. The van der Waals surface area contributed by atoms with Gasteiger partial charge >= 0.3 is 6.18 Å². The number of fused-ring (bicyclic) bond motifs is 2. The third-order valence-electron chi connectivity index (χ3n) is 7.03. The number of allylic oxidation sites excluding steroid dienone is 3. The normalized spacial score (nSPS) is 18.4. The first-order valence-electron chi connectivity index (χ1n) is 12.4. The molecule has 2 aliphatic rings. The molecule has 3 heterocycles. The molecule has 4 N–H and O–H groups in total. The topological polar surface area (TPSA) is 114 Å². The van der Waals surface area contributed by atoms with Crippen molar-refractivity contribution >= 4 is 40.6 Å². The summed E-state index contributed by atoms with van der Waals surface area (Å²) in [4.78, 5) is 30.6. The Morgan fingerprint density at radius 1 is 1.14 bits per heavy atom. The molecule has 6 rings (SSSR count). The number of rotatable bonds is 4. The Kier molecular flexibility index (Phi) is 6.49. The zero-order valence-electron chi connectivity index (χ0n) is 21.1. The summed E-state index contributed by atoms with van der Waals surface area (Å²) < 4.78 is 69.8. The lowest BCUT2D eigenvalue weighted by Crippen LogP contribution is -2.24. The summed E-state index contributed by atoms with van der Waals surface area (Å²) in [6.45, 7) is 0. The predicted molar refractivity (Wildman–Crippen MR) is 144 cm³/mol. The number of anilines is 2. The summed E-state index contributed by atoms with van der Waals surface area (Å²) in [7, 11) is 0. The van der Waals surface area contributed by atoms with Gasteiger partial charge < -0.3 is 16.4 Å². The maximum Gasteiger partial charge on any atom is 0.416 e. The van der Waals surface area contributed by atoms with Crippen molar-refractivity contribution in [3.8, 4) is 11.1 Å². The molecule has 0 fully saturated rings. The zero-order chi connectivity index (χ0) is 29.9. The highest BCUT2D eigenvalue weighted by molar-refractivity contribution is 6.31. The Balaban J connectivity index is 1.51. The predicted octanol–water partition coefficient (Wildman–Crippen LogP) is 5.96.